The second kappa shape index (κ2) is 6.63. The first-order valence-electron chi connectivity index (χ1n) is 7.89. The van der Waals surface area contributed by atoms with Crippen LogP contribution in [0.5, 0.6) is 0 Å². The summed E-state index contributed by atoms with van der Waals surface area (Å²) in [6.07, 6.45) is 1.74. The van der Waals surface area contributed by atoms with E-state index in [4.69, 9.17) is 0 Å². The fourth-order valence-electron chi connectivity index (χ4n) is 2.89. The van der Waals surface area contributed by atoms with Gasteiger partial charge >= 0.3 is 0 Å². The van der Waals surface area contributed by atoms with Gasteiger partial charge in [-0.1, -0.05) is 42.5 Å². The third kappa shape index (κ3) is 4.01. The Morgan fingerprint density at radius 1 is 1.12 bits per heavy atom. The van der Waals surface area contributed by atoms with Crippen molar-refractivity contribution in [2.24, 2.45) is 5.92 Å². The molecule has 1 fully saturated rings. The second-order valence-electron chi connectivity index (χ2n) is 6.27. The molecule has 0 amide bonds. The maximum Gasteiger partial charge on any atom is 0.215 e. The number of aliphatic hydroxyl groups is 1. The third-order valence-corrected chi connectivity index (χ3v) is 5.63. The normalized spacial score (nSPS) is 17.4. The summed E-state index contributed by atoms with van der Waals surface area (Å²) in [5, 5.41) is 11.0. The minimum atomic E-state index is -3.67. The summed E-state index contributed by atoms with van der Waals surface area (Å²) in [4.78, 5) is 0. The van der Waals surface area contributed by atoms with E-state index in [1.165, 1.54) is 18.2 Å². The van der Waals surface area contributed by atoms with E-state index in [9.17, 15) is 17.9 Å². The molecule has 0 aliphatic heterocycles. The summed E-state index contributed by atoms with van der Waals surface area (Å²) in [5.41, 5.74) is -0.130. The number of rotatable bonds is 7. The van der Waals surface area contributed by atoms with Crippen molar-refractivity contribution in [1.29, 1.82) is 0 Å². The standard InChI is InChI=1S/C18H20FNO3S/c19-17-8-4-5-14(11-17)12-24(22,23)20-13-18(21,16-9-10-16)15-6-2-1-3-7-15/h1-8,11,16,20-21H,9-10,12-13H2/t18-/m1/s1. The minimum Gasteiger partial charge on any atom is -0.383 e. The molecule has 24 heavy (non-hydrogen) atoms. The van der Waals surface area contributed by atoms with E-state index in [1.807, 2.05) is 18.2 Å². The Bertz CT molecular complexity index is 806. The van der Waals surface area contributed by atoms with E-state index in [0.717, 1.165) is 12.8 Å². The molecule has 1 aliphatic carbocycles. The van der Waals surface area contributed by atoms with Gasteiger partial charge in [0.1, 0.15) is 11.4 Å². The van der Waals surface area contributed by atoms with Crippen molar-refractivity contribution < 1.29 is 17.9 Å². The van der Waals surface area contributed by atoms with Crippen molar-refractivity contribution in [3.8, 4) is 0 Å². The van der Waals surface area contributed by atoms with Crippen LogP contribution in [-0.2, 0) is 21.4 Å². The van der Waals surface area contributed by atoms with Crippen molar-refractivity contribution in [2.75, 3.05) is 6.54 Å². The van der Waals surface area contributed by atoms with Crippen molar-refractivity contribution in [3.05, 3.63) is 71.5 Å². The van der Waals surface area contributed by atoms with Crippen LogP contribution in [0.2, 0.25) is 0 Å². The van der Waals surface area contributed by atoms with E-state index in [-0.39, 0.29) is 18.2 Å². The molecule has 0 spiro atoms. The van der Waals surface area contributed by atoms with Gasteiger partial charge in [-0.15, -0.1) is 0 Å². The van der Waals surface area contributed by atoms with Crippen LogP contribution in [0.1, 0.15) is 24.0 Å². The van der Waals surface area contributed by atoms with Gasteiger partial charge in [0.15, 0.2) is 0 Å². The third-order valence-electron chi connectivity index (χ3n) is 4.33. The largest absolute Gasteiger partial charge is 0.383 e. The SMILES string of the molecule is O=S(=O)(Cc1cccc(F)c1)NC[C@@](O)(c1ccccc1)C1CC1. The number of benzene rings is 2. The minimum absolute atomic E-state index is 0.0526. The second-order valence-corrected chi connectivity index (χ2v) is 8.08. The quantitative estimate of drug-likeness (QED) is 0.807. The Hall–Kier alpha value is -1.76. The molecule has 1 aliphatic rings. The molecular formula is C18H20FNO3S. The molecular weight excluding hydrogens is 329 g/mol. The van der Waals surface area contributed by atoms with Gasteiger partial charge in [0, 0.05) is 6.54 Å². The summed E-state index contributed by atoms with van der Waals surface area (Å²) in [7, 11) is -3.67. The molecule has 4 nitrogen and oxygen atoms in total. The molecule has 1 atom stereocenters. The molecule has 0 aromatic heterocycles. The molecule has 128 valence electrons. The topological polar surface area (TPSA) is 66.4 Å². The smallest absolute Gasteiger partial charge is 0.215 e. The number of nitrogens with one attached hydrogen (secondary N) is 1. The first-order valence-corrected chi connectivity index (χ1v) is 9.54. The molecule has 0 unspecified atom stereocenters. The van der Waals surface area contributed by atoms with Crippen LogP contribution in [0.15, 0.2) is 54.6 Å². The first kappa shape index (κ1) is 17.1. The molecule has 6 heteroatoms. The number of hydrogen-bond donors (Lipinski definition) is 2. The lowest BCUT2D eigenvalue weighted by molar-refractivity contribution is 0.0185. The molecule has 2 aromatic rings. The maximum atomic E-state index is 13.2. The summed E-state index contributed by atoms with van der Waals surface area (Å²) in [6.45, 7) is -0.0840. The molecule has 0 saturated heterocycles. The Balaban J connectivity index is 1.72. The van der Waals surface area contributed by atoms with Gasteiger partial charge in [-0.2, -0.15) is 0 Å². The monoisotopic (exact) mass is 349 g/mol. The van der Waals surface area contributed by atoms with Crippen LogP contribution in [0.4, 0.5) is 4.39 Å². The van der Waals surface area contributed by atoms with Gasteiger partial charge < -0.3 is 5.11 Å². The van der Waals surface area contributed by atoms with Crippen LogP contribution in [-0.4, -0.2) is 20.1 Å². The lowest BCUT2D eigenvalue weighted by atomic mass is 9.89. The van der Waals surface area contributed by atoms with Crippen molar-refractivity contribution >= 4 is 10.0 Å². The van der Waals surface area contributed by atoms with Crippen molar-refractivity contribution in [2.45, 2.75) is 24.2 Å². The fourth-order valence-corrected chi connectivity index (χ4v) is 4.05. The zero-order valence-corrected chi connectivity index (χ0v) is 14.0. The van der Waals surface area contributed by atoms with E-state index >= 15 is 0 Å². The predicted octanol–water partition coefficient (Wildman–Crippen LogP) is 2.54. The van der Waals surface area contributed by atoms with E-state index in [2.05, 4.69) is 4.72 Å². The van der Waals surface area contributed by atoms with Gasteiger partial charge in [0.05, 0.1) is 5.75 Å². The number of sulfonamides is 1. The molecule has 2 N–H and O–H groups in total. The molecule has 0 bridgehead atoms. The van der Waals surface area contributed by atoms with Crippen LogP contribution in [0.25, 0.3) is 0 Å². The van der Waals surface area contributed by atoms with E-state index < -0.39 is 21.4 Å². The lowest BCUT2D eigenvalue weighted by Gasteiger charge is -2.29. The number of halogens is 1. The van der Waals surface area contributed by atoms with E-state index in [1.54, 1.807) is 18.2 Å². The molecule has 3 rings (SSSR count). The number of hydrogen-bond acceptors (Lipinski definition) is 3. The molecule has 0 radical (unpaired) electrons. The highest BCUT2D eigenvalue weighted by Gasteiger charge is 2.45. The van der Waals surface area contributed by atoms with Crippen LogP contribution in [0.3, 0.4) is 0 Å². The van der Waals surface area contributed by atoms with Crippen molar-refractivity contribution in [1.82, 2.24) is 4.72 Å². The summed E-state index contributed by atoms with van der Waals surface area (Å²) in [6, 6.07) is 14.6. The Morgan fingerprint density at radius 2 is 1.83 bits per heavy atom. The van der Waals surface area contributed by atoms with Gasteiger partial charge in [-0.05, 0) is 42.0 Å². The van der Waals surface area contributed by atoms with Crippen LogP contribution >= 0.6 is 0 Å². The highest BCUT2D eigenvalue weighted by atomic mass is 32.2. The Morgan fingerprint density at radius 3 is 2.46 bits per heavy atom. The molecule has 0 heterocycles. The Labute approximate surface area is 141 Å². The van der Waals surface area contributed by atoms with Crippen molar-refractivity contribution in [3.63, 3.8) is 0 Å². The highest BCUT2D eigenvalue weighted by Crippen LogP contribution is 2.45. The van der Waals surface area contributed by atoms with Crippen LogP contribution < -0.4 is 4.72 Å². The molecule has 1 saturated carbocycles. The van der Waals surface area contributed by atoms with Crippen LogP contribution in [0, 0.1) is 11.7 Å². The zero-order chi connectivity index (χ0) is 17.2. The van der Waals surface area contributed by atoms with Gasteiger partial charge in [0.2, 0.25) is 10.0 Å². The maximum absolute atomic E-state index is 13.2. The van der Waals surface area contributed by atoms with Gasteiger partial charge in [-0.25, -0.2) is 17.5 Å². The van der Waals surface area contributed by atoms with Gasteiger partial charge in [-0.3, -0.25) is 0 Å². The first-order chi connectivity index (χ1) is 11.4. The predicted molar refractivity (Wildman–Crippen MR) is 90.1 cm³/mol. The fraction of sp³-hybridized carbons (Fsp3) is 0.333. The zero-order valence-electron chi connectivity index (χ0n) is 13.2. The summed E-state index contributed by atoms with van der Waals surface area (Å²) in [5.74, 6) is -0.737. The lowest BCUT2D eigenvalue weighted by Crippen LogP contribution is -2.42. The summed E-state index contributed by atoms with van der Waals surface area (Å²) >= 11 is 0. The Kier molecular flexibility index (Phi) is 4.71. The van der Waals surface area contributed by atoms with Gasteiger partial charge in [0.25, 0.3) is 0 Å². The average molecular weight is 349 g/mol. The molecule has 2 aromatic carbocycles. The average Bonchev–Trinajstić information content (AvgIpc) is 3.38. The summed E-state index contributed by atoms with van der Waals surface area (Å²) < 4.78 is 40.3. The highest BCUT2D eigenvalue weighted by molar-refractivity contribution is 7.88. The van der Waals surface area contributed by atoms with E-state index in [0.29, 0.717) is 11.1 Å².